The van der Waals surface area contributed by atoms with E-state index in [9.17, 15) is 15.0 Å². The van der Waals surface area contributed by atoms with Crippen LogP contribution in [0.4, 0.5) is 0 Å². The van der Waals surface area contributed by atoms with Crippen molar-refractivity contribution in [2.75, 3.05) is 26.7 Å². The van der Waals surface area contributed by atoms with Gasteiger partial charge in [-0.05, 0) is 39.1 Å². The molecule has 0 fully saturated rings. The fourth-order valence-corrected chi connectivity index (χ4v) is 3.72. The summed E-state index contributed by atoms with van der Waals surface area (Å²) in [6, 6.07) is 7.12. The van der Waals surface area contributed by atoms with E-state index in [0.29, 0.717) is 30.8 Å². The Morgan fingerprint density at radius 2 is 2.12 bits per heavy atom. The molecule has 2 aromatic rings. The number of ether oxygens (including phenoxy) is 1. The summed E-state index contributed by atoms with van der Waals surface area (Å²) >= 11 is 0. The second-order valence-corrected chi connectivity index (χ2v) is 8.66. The van der Waals surface area contributed by atoms with Gasteiger partial charge in [0, 0.05) is 43.5 Å². The van der Waals surface area contributed by atoms with Crippen LogP contribution < -0.4 is 4.74 Å². The van der Waals surface area contributed by atoms with Gasteiger partial charge in [0.1, 0.15) is 17.8 Å². The van der Waals surface area contributed by atoms with Crippen LogP contribution in [0.3, 0.4) is 0 Å². The molecule has 3 heterocycles. The average molecular weight is 453 g/mol. The number of aliphatic hydroxyl groups is 2. The van der Waals surface area contributed by atoms with E-state index in [-0.39, 0.29) is 36.5 Å². The molecule has 1 aliphatic rings. The smallest absolute Gasteiger partial charge is 0.259 e. The molecule has 0 aliphatic carbocycles. The van der Waals surface area contributed by atoms with Gasteiger partial charge in [-0.3, -0.25) is 14.7 Å². The summed E-state index contributed by atoms with van der Waals surface area (Å²) in [4.78, 5) is 26.0. The fraction of sp³-hybridized carbons (Fsp3) is 0.480. The maximum absolute atomic E-state index is 13.4. The first-order valence-electron chi connectivity index (χ1n) is 11.1. The van der Waals surface area contributed by atoms with E-state index in [1.807, 2.05) is 39.1 Å². The summed E-state index contributed by atoms with van der Waals surface area (Å²) < 4.78 is 6.29. The van der Waals surface area contributed by atoms with Crippen LogP contribution in [0.2, 0.25) is 0 Å². The van der Waals surface area contributed by atoms with Crippen molar-refractivity contribution in [3.8, 4) is 17.7 Å². The molecule has 0 unspecified atom stereocenters. The number of fused-ring (bicyclic) bond motifs is 1. The maximum atomic E-state index is 13.4. The van der Waals surface area contributed by atoms with Gasteiger partial charge in [0.05, 0.1) is 18.3 Å². The zero-order chi connectivity index (χ0) is 24.0. The number of nitrogens with zero attached hydrogens (tertiary/aromatic N) is 4. The van der Waals surface area contributed by atoms with E-state index in [2.05, 4.69) is 26.7 Å². The molecule has 4 atom stereocenters. The number of rotatable bonds is 6. The third-order valence-electron chi connectivity index (χ3n) is 5.60. The first-order valence-corrected chi connectivity index (χ1v) is 11.1. The number of aromatic nitrogens is 2. The third-order valence-corrected chi connectivity index (χ3v) is 5.60. The Morgan fingerprint density at radius 3 is 2.79 bits per heavy atom. The second kappa shape index (κ2) is 11.2. The van der Waals surface area contributed by atoms with Crippen LogP contribution in [0.1, 0.15) is 42.4 Å². The maximum Gasteiger partial charge on any atom is 0.259 e. The highest BCUT2D eigenvalue weighted by Gasteiger charge is 2.34. The molecule has 33 heavy (non-hydrogen) atoms. The molecule has 0 bridgehead atoms. The SMILES string of the molecule is C[C@H](CO)N1C[C@H](C)[C@@H](CN(C)Cc2ccccn2)Oc2ncc(C#C[C@@H](C)O)cc2C1=O. The number of carbonyl (C=O) groups excluding carboxylic acids is 1. The molecule has 2 aromatic heterocycles. The van der Waals surface area contributed by atoms with Crippen molar-refractivity contribution in [2.45, 2.75) is 45.6 Å². The zero-order valence-electron chi connectivity index (χ0n) is 19.6. The molecule has 0 saturated carbocycles. The molecule has 1 aliphatic heterocycles. The van der Waals surface area contributed by atoms with E-state index >= 15 is 0 Å². The van der Waals surface area contributed by atoms with Gasteiger partial charge in [-0.1, -0.05) is 24.8 Å². The highest BCUT2D eigenvalue weighted by atomic mass is 16.5. The molecule has 2 N–H and O–H groups in total. The summed E-state index contributed by atoms with van der Waals surface area (Å²) in [5.41, 5.74) is 1.78. The Balaban J connectivity index is 1.91. The van der Waals surface area contributed by atoms with E-state index < -0.39 is 6.10 Å². The van der Waals surface area contributed by atoms with Crippen LogP contribution in [-0.2, 0) is 6.54 Å². The third kappa shape index (κ3) is 6.51. The standard InChI is InChI=1S/C25H32N4O4/c1-17-13-29(18(2)16-30)25(32)22-11-20(9-8-19(3)31)12-27-24(22)33-23(17)15-28(4)14-21-7-5-6-10-26-21/h5-7,10-12,17-19,23,30-31H,13-16H2,1-4H3/t17-,18+,19+,23+/m0/s1. The molecule has 176 valence electrons. The Kier molecular flexibility index (Phi) is 8.39. The van der Waals surface area contributed by atoms with Crippen molar-refractivity contribution in [3.05, 3.63) is 53.5 Å². The molecular weight excluding hydrogens is 420 g/mol. The van der Waals surface area contributed by atoms with Crippen LogP contribution in [0.5, 0.6) is 5.88 Å². The van der Waals surface area contributed by atoms with Gasteiger partial charge in [-0.25, -0.2) is 4.98 Å². The normalized spacial score (nSPS) is 20.1. The Labute approximate surface area is 195 Å². The summed E-state index contributed by atoms with van der Waals surface area (Å²) in [6.07, 6.45) is 2.30. The molecule has 8 heteroatoms. The van der Waals surface area contributed by atoms with Crippen molar-refractivity contribution in [3.63, 3.8) is 0 Å². The van der Waals surface area contributed by atoms with Crippen LogP contribution >= 0.6 is 0 Å². The lowest BCUT2D eigenvalue weighted by Crippen LogP contribution is -2.49. The largest absolute Gasteiger partial charge is 0.472 e. The van der Waals surface area contributed by atoms with Crippen LogP contribution in [0.25, 0.3) is 0 Å². The lowest BCUT2D eigenvalue weighted by atomic mass is 10.00. The van der Waals surface area contributed by atoms with Gasteiger partial charge in [0.15, 0.2) is 0 Å². The van der Waals surface area contributed by atoms with Gasteiger partial charge in [-0.2, -0.15) is 0 Å². The minimum absolute atomic E-state index is 0.00112. The van der Waals surface area contributed by atoms with Crippen molar-refractivity contribution in [2.24, 2.45) is 5.92 Å². The molecule has 0 radical (unpaired) electrons. The van der Waals surface area contributed by atoms with Crippen LogP contribution in [0.15, 0.2) is 36.7 Å². The lowest BCUT2D eigenvalue weighted by Gasteiger charge is -2.37. The number of amides is 1. The molecule has 0 saturated heterocycles. The Bertz CT molecular complexity index is 1000. The van der Waals surface area contributed by atoms with Gasteiger partial charge >= 0.3 is 0 Å². The number of hydrogen-bond donors (Lipinski definition) is 2. The van der Waals surface area contributed by atoms with Gasteiger partial charge in [-0.15, -0.1) is 0 Å². The lowest BCUT2D eigenvalue weighted by molar-refractivity contribution is 0.0324. The highest BCUT2D eigenvalue weighted by molar-refractivity contribution is 5.97. The quantitative estimate of drug-likeness (QED) is 0.642. The summed E-state index contributed by atoms with van der Waals surface area (Å²) in [6.45, 7) is 6.99. The predicted molar refractivity (Wildman–Crippen MR) is 125 cm³/mol. The highest BCUT2D eigenvalue weighted by Crippen LogP contribution is 2.27. The Morgan fingerprint density at radius 1 is 1.33 bits per heavy atom. The van der Waals surface area contributed by atoms with Gasteiger partial charge in [0.2, 0.25) is 5.88 Å². The monoisotopic (exact) mass is 452 g/mol. The summed E-state index contributed by atoms with van der Waals surface area (Å²) in [5.74, 6) is 5.50. The molecule has 8 nitrogen and oxygen atoms in total. The zero-order valence-corrected chi connectivity index (χ0v) is 19.6. The van der Waals surface area contributed by atoms with Crippen LogP contribution in [0, 0.1) is 17.8 Å². The predicted octanol–water partition coefficient (Wildman–Crippen LogP) is 1.56. The first kappa shape index (κ1) is 24.6. The van der Waals surface area contributed by atoms with Crippen LogP contribution in [-0.4, -0.2) is 80.9 Å². The molecule has 3 rings (SSSR count). The minimum Gasteiger partial charge on any atom is -0.472 e. The second-order valence-electron chi connectivity index (χ2n) is 8.66. The van der Waals surface area contributed by atoms with Crippen molar-refractivity contribution >= 4 is 5.91 Å². The van der Waals surface area contributed by atoms with E-state index in [4.69, 9.17) is 4.74 Å². The summed E-state index contributed by atoms with van der Waals surface area (Å²) in [7, 11) is 2.01. The van der Waals surface area contributed by atoms with Crippen molar-refractivity contribution in [1.29, 1.82) is 0 Å². The summed E-state index contributed by atoms with van der Waals surface area (Å²) in [5, 5.41) is 19.2. The molecule has 0 spiro atoms. The van der Waals surface area contributed by atoms with Gasteiger partial charge in [0.25, 0.3) is 5.91 Å². The molecular formula is C25H32N4O4. The minimum atomic E-state index is -0.787. The number of aliphatic hydroxyl groups excluding tert-OH is 2. The van der Waals surface area contributed by atoms with Crippen molar-refractivity contribution < 1.29 is 19.7 Å². The molecule has 1 amide bonds. The average Bonchev–Trinajstić information content (AvgIpc) is 2.80. The number of likely N-dealkylation sites (N-methyl/N-ethyl adjacent to an activating group) is 1. The van der Waals surface area contributed by atoms with E-state index in [1.165, 1.54) is 0 Å². The number of pyridine rings is 2. The van der Waals surface area contributed by atoms with E-state index in [0.717, 1.165) is 5.69 Å². The fourth-order valence-electron chi connectivity index (χ4n) is 3.72. The van der Waals surface area contributed by atoms with Gasteiger partial charge < -0.3 is 19.8 Å². The number of hydrogen-bond acceptors (Lipinski definition) is 7. The topological polar surface area (TPSA) is 99.0 Å². The van der Waals surface area contributed by atoms with E-state index in [1.54, 1.807) is 30.3 Å². The Hall–Kier alpha value is -2.99. The first-order chi connectivity index (χ1) is 15.8. The number of carbonyl (C=O) groups is 1. The molecule has 0 aromatic carbocycles. The van der Waals surface area contributed by atoms with Crippen molar-refractivity contribution in [1.82, 2.24) is 19.8 Å².